The van der Waals surface area contributed by atoms with E-state index in [0.717, 1.165) is 29.9 Å². The van der Waals surface area contributed by atoms with Crippen molar-refractivity contribution in [3.8, 4) is 0 Å². The van der Waals surface area contributed by atoms with Gasteiger partial charge in [0.25, 0.3) is 0 Å². The largest absolute Gasteiger partial charge is 0.416 e. The summed E-state index contributed by atoms with van der Waals surface area (Å²) in [6.07, 6.45) is -1.03. The third-order valence-corrected chi connectivity index (χ3v) is 4.79. The molecule has 21 heavy (non-hydrogen) atoms. The SMILES string of the molecule is FC(F)(F)c1cc(Cl)nc(NCc2cc3c(s2)CCC3)c1. The number of hydrogen-bond donors (Lipinski definition) is 1. The van der Waals surface area contributed by atoms with Gasteiger partial charge in [-0.15, -0.1) is 11.3 Å². The van der Waals surface area contributed by atoms with Gasteiger partial charge in [-0.05, 0) is 43.0 Å². The van der Waals surface area contributed by atoms with E-state index >= 15 is 0 Å². The minimum absolute atomic E-state index is 0.142. The van der Waals surface area contributed by atoms with Crippen molar-refractivity contribution in [2.24, 2.45) is 0 Å². The highest BCUT2D eigenvalue weighted by Gasteiger charge is 2.31. The summed E-state index contributed by atoms with van der Waals surface area (Å²) in [5.41, 5.74) is 0.575. The predicted molar refractivity (Wildman–Crippen MR) is 77.9 cm³/mol. The second-order valence-electron chi connectivity index (χ2n) is 4.93. The lowest BCUT2D eigenvalue weighted by Crippen LogP contribution is -2.08. The van der Waals surface area contributed by atoms with E-state index < -0.39 is 11.7 Å². The molecule has 0 atom stereocenters. The number of pyridine rings is 1. The van der Waals surface area contributed by atoms with Gasteiger partial charge in [0.05, 0.1) is 12.1 Å². The molecule has 7 heteroatoms. The quantitative estimate of drug-likeness (QED) is 0.807. The number of hydrogen-bond acceptors (Lipinski definition) is 3. The molecule has 0 fully saturated rings. The summed E-state index contributed by atoms with van der Waals surface area (Å²) in [6.45, 7) is 0.461. The summed E-state index contributed by atoms with van der Waals surface area (Å²) in [4.78, 5) is 6.38. The van der Waals surface area contributed by atoms with Crippen LogP contribution in [0.4, 0.5) is 19.0 Å². The third kappa shape index (κ3) is 3.32. The van der Waals surface area contributed by atoms with Gasteiger partial charge in [-0.1, -0.05) is 11.6 Å². The highest BCUT2D eigenvalue weighted by molar-refractivity contribution is 7.12. The number of nitrogens with one attached hydrogen (secondary N) is 1. The number of fused-ring (bicyclic) bond motifs is 1. The van der Waals surface area contributed by atoms with Gasteiger partial charge >= 0.3 is 6.18 Å². The average molecular weight is 333 g/mol. The molecule has 0 saturated carbocycles. The standard InChI is InChI=1S/C14H12ClF3N2S/c15-12-5-9(14(16,17)18)6-13(20-12)19-7-10-4-8-2-1-3-11(8)21-10/h4-6H,1-3,7H2,(H,19,20). The molecular weight excluding hydrogens is 321 g/mol. The second kappa shape index (κ2) is 5.50. The Balaban J connectivity index is 1.74. The lowest BCUT2D eigenvalue weighted by Gasteiger charge is -2.10. The summed E-state index contributed by atoms with van der Waals surface area (Å²) in [7, 11) is 0. The number of aromatic nitrogens is 1. The number of alkyl halides is 3. The van der Waals surface area contributed by atoms with Crippen molar-refractivity contribution >= 4 is 28.8 Å². The van der Waals surface area contributed by atoms with Crippen molar-refractivity contribution in [2.75, 3.05) is 5.32 Å². The van der Waals surface area contributed by atoms with Crippen LogP contribution in [0.1, 0.15) is 27.3 Å². The van der Waals surface area contributed by atoms with Crippen LogP contribution in [0.5, 0.6) is 0 Å². The maximum absolute atomic E-state index is 12.7. The van der Waals surface area contributed by atoms with Crippen LogP contribution in [0.25, 0.3) is 0 Å². The predicted octanol–water partition coefficient (Wildman–Crippen LogP) is 4.92. The highest BCUT2D eigenvalue weighted by Crippen LogP contribution is 2.33. The summed E-state index contributed by atoms with van der Waals surface area (Å²) >= 11 is 7.36. The first-order valence-corrected chi connectivity index (χ1v) is 7.70. The van der Waals surface area contributed by atoms with Crippen LogP contribution in [0.15, 0.2) is 18.2 Å². The first kappa shape index (κ1) is 14.7. The molecule has 1 N–H and O–H groups in total. The molecule has 2 heterocycles. The van der Waals surface area contributed by atoms with Gasteiger partial charge in [-0.25, -0.2) is 4.98 Å². The number of rotatable bonds is 3. The zero-order valence-corrected chi connectivity index (χ0v) is 12.5. The van der Waals surface area contributed by atoms with Gasteiger partial charge in [-0.3, -0.25) is 0 Å². The van der Waals surface area contributed by atoms with Crippen molar-refractivity contribution in [1.29, 1.82) is 0 Å². The van der Waals surface area contributed by atoms with Crippen LogP contribution in [0.2, 0.25) is 5.15 Å². The zero-order chi connectivity index (χ0) is 15.0. The van der Waals surface area contributed by atoms with Gasteiger partial charge in [0, 0.05) is 9.75 Å². The van der Waals surface area contributed by atoms with E-state index in [1.54, 1.807) is 11.3 Å². The molecule has 0 radical (unpaired) electrons. The van der Waals surface area contributed by atoms with Crippen molar-refractivity contribution in [1.82, 2.24) is 4.98 Å². The Kier molecular flexibility index (Phi) is 3.84. The Morgan fingerprint density at radius 1 is 1.24 bits per heavy atom. The molecule has 1 aliphatic carbocycles. The molecule has 0 aromatic carbocycles. The van der Waals surface area contributed by atoms with Crippen LogP contribution in [0, 0.1) is 0 Å². The monoisotopic (exact) mass is 332 g/mol. The van der Waals surface area contributed by atoms with Gasteiger partial charge < -0.3 is 5.32 Å². The molecule has 0 saturated heterocycles. The Labute approximate surface area is 129 Å². The average Bonchev–Trinajstić information content (AvgIpc) is 2.95. The lowest BCUT2D eigenvalue weighted by molar-refractivity contribution is -0.137. The van der Waals surface area contributed by atoms with Crippen LogP contribution < -0.4 is 5.32 Å². The maximum Gasteiger partial charge on any atom is 0.416 e. The Morgan fingerprint density at radius 3 is 2.76 bits per heavy atom. The minimum Gasteiger partial charge on any atom is -0.365 e. The first-order valence-electron chi connectivity index (χ1n) is 6.51. The van der Waals surface area contributed by atoms with Crippen LogP contribution in [-0.4, -0.2) is 4.98 Å². The normalized spacial score (nSPS) is 14.3. The Hall–Kier alpha value is -1.27. The molecule has 0 spiro atoms. The molecule has 1 aliphatic rings. The summed E-state index contributed by atoms with van der Waals surface area (Å²) in [5.74, 6) is 0.142. The Bertz CT molecular complexity index is 645. The minimum atomic E-state index is -4.42. The Morgan fingerprint density at radius 2 is 2.05 bits per heavy atom. The van der Waals surface area contributed by atoms with Crippen LogP contribution >= 0.6 is 22.9 Å². The van der Waals surface area contributed by atoms with Gasteiger partial charge in [0.2, 0.25) is 0 Å². The van der Waals surface area contributed by atoms with E-state index in [-0.39, 0.29) is 11.0 Å². The van der Waals surface area contributed by atoms with Crippen molar-refractivity contribution in [3.05, 3.63) is 44.2 Å². The maximum atomic E-state index is 12.7. The number of aryl methyl sites for hydroxylation is 2. The van der Waals surface area contributed by atoms with Crippen LogP contribution in [-0.2, 0) is 25.6 Å². The molecule has 112 valence electrons. The van der Waals surface area contributed by atoms with E-state index in [4.69, 9.17) is 11.6 Å². The van der Waals surface area contributed by atoms with E-state index in [1.165, 1.54) is 16.9 Å². The smallest absolute Gasteiger partial charge is 0.365 e. The van der Waals surface area contributed by atoms with Gasteiger partial charge in [-0.2, -0.15) is 13.2 Å². The molecule has 3 rings (SSSR count). The topological polar surface area (TPSA) is 24.9 Å². The van der Waals surface area contributed by atoms with E-state index in [2.05, 4.69) is 16.4 Å². The zero-order valence-electron chi connectivity index (χ0n) is 10.9. The number of thiophene rings is 1. The molecule has 2 nitrogen and oxygen atoms in total. The number of anilines is 1. The number of halogens is 4. The molecular formula is C14H12ClF3N2S. The fourth-order valence-corrected chi connectivity index (χ4v) is 3.82. The van der Waals surface area contributed by atoms with E-state index in [0.29, 0.717) is 6.54 Å². The first-order chi connectivity index (χ1) is 9.91. The van der Waals surface area contributed by atoms with Crippen LogP contribution in [0.3, 0.4) is 0 Å². The molecule has 0 unspecified atom stereocenters. The summed E-state index contributed by atoms with van der Waals surface area (Å²) < 4.78 is 38.1. The summed E-state index contributed by atoms with van der Waals surface area (Å²) in [5, 5.41) is 2.75. The fraction of sp³-hybridized carbons (Fsp3) is 0.357. The molecule has 0 amide bonds. The second-order valence-corrected chi connectivity index (χ2v) is 6.54. The van der Waals surface area contributed by atoms with E-state index in [1.807, 2.05) is 0 Å². The molecule has 0 bridgehead atoms. The third-order valence-electron chi connectivity index (χ3n) is 3.36. The number of nitrogens with zero attached hydrogens (tertiary/aromatic N) is 1. The van der Waals surface area contributed by atoms with E-state index in [9.17, 15) is 13.2 Å². The fourth-order valence-electron chi connectivity index (χ4n) is 2.41. The van der Waals surface area contributed by atoms with Crippen molar-refractivity contribution in [3.63, 3.8) is 0 Å². The summed E-state index contributed by atoms with van der Waals surface area (Å²) in [6, 6.07) is 3.93. The lowest BCUT2D eigenvalue weighted by atomic mass is 10.2. The molecule has 2 aromatic heterocycles. The highest BCUT2D eigenvalue weighted by atomic mass is 35.5. The molecule has 2 aromatic rings. The van der Waals surface area contributed by atoms with Crippen molar-refractivity contribution < 1.29 is 13.2 Å². The van der Waals surface area contributed by atoms with Gasteiger partial charge in [0.1, 0.15) is 11.0 Å². The van der Waals surface area contributed by atoms with Crippen molar-refractivity contribution in [2.45, 2.75) is 32.0 Å². The van der Waals surface area contributed by atoms with Gasteiger partial charge in [0.15, 0.2) is 0 Å². The molecule has 0 aliphatic heterocycles.